The van der Waals surface area contributed by atoms with Gasteiger partial charge in [0.25, 0.3) is 5.69 Å². The van der Waals surface area contributed by atoms with E-state index in [0.717, 1.165) is 16.7 Å². The molecule has 2 amide bonds. The molecular weight excluding hydrogens is 702 g/mol. The number of rotatable bonds is 8. The smallest absolute Gasteiger partial charge is 0.410 e. The molecule has 2 heterocycles. The molecule has 0 aliphatic carbocycles. The van der Waals surface area contributed by atoms with Crippen molar-refractivity contribution in [2.45, 2.75) is 44.8 Å². The molecule has 1 aliphatic rings. The van der Waals surface area contributed by atoms with E-state index in [4.69, 9.17) is 21.4 Å². The first-order valence-corrected chi connectivity index (χ1v) is 18.3. The number of hydrogen-bond donors (Lipinski definition) is 1. The Morgan fingerprint density at radius 2 is 1.44 bits per heavy atom. The van der Waals surface area contributed by atoms with Crippen molar-refractivity contribution in [2.24, 2.45) is 5.92 Å². The van der Waals surface area contributed by atoms with Crippen LogP contribution >= 0.6 is 11.6 Å². The van der Waals surface area contributed by atoms with E-state index in [1.807, 2.05) is 98.2 Å². The lowest BCUT2D eigenvalue weighted by Gasteiger charge is -2.37. The number of halogens is 1. The Morgan fingerprint density at radius 3 is 2.00 bits per heavy atom. The molecule has 1 saturated heterocycles. The van der Waals surface area contributed by atoms with Crippen molar-refractivity contribution in [3.05, 3.63) is 159 Å². The Morgan fingerprint density at radius 1 is 0.852 bits per heavy atom. The minimum Gasteiger partial charge on any atom is -0.444 e. The highest BCUT2D eigenvalue weighted by Gasteiger charge is 2.41. The number of nitro groups is 1. The number of nitro benzene ring substituents is 1. The number of carbonyl (C=O) groups is 2. The Labute approximate surface area is 318 Å². The number of likely N-dealkylation sites (tertiary alicyclic amines) is 1. The molecule has 1 fully saturated rings. The van der Waals surface area contributed by atoms with Gasteiger partial charge in [-0.05, 0) is 74.1 Å². The Kier molecular flexibility index (Phi) is 9.96. The third-order valence-electron chi connectivity index (χ3n) is 9.73. The third-order valence-corrected chi connectivity index (χ3v) is 10.1. The number of non-ortho nitro benzene ring substituents is 1. The van der Waals surface area contributed by atoms with Gasteiger partial charge >= 0.3 is 6.09 Å². The quantitative estimate of drug-likeness (QED) is 0.0943. The SMILES string of the molecule is CC(C)(C)OC(=O)N1CCC[C@@H](C(=O)Nc2nn(C(c3ccccc3)(c3ccccc3)c3ccccc3)c3ccc(-c4cc([N+](=O)[O-])ccc4Cl)cc23)C1. The zero-order valence-corrected chi connectivity index (χ0v) is 31.0. The van der Waals surface area contributed by atoms with Crippen LogP contribution in [0.5, 0.6) is 0 Å². The summed E-state index contributed by atoms with van der Waals surface area (Å²) in [4.78, 5) is 40.1. The second-order valence-electron chi connectivity index (χ2n) is 14.5. The van der Waals surface area contributed by atoms with Crippen molar-refractivity contribution in [3.8, 4) is 11.1 Å². The molecule has 1 atom stereocenters. The average Bonchev–Trinajstić information content (AvgIpc) is 3.53. The molecule has 0 unspecified atom stereocenters. The van der Waals surface area contributed by atoms with E-state index in [0.29, 0.717) is 52.3 Å². The lowest BCUT2D eigenvalue weighted by Crippen LogP contribution is -2.45. The van der Waals surface area contributed by atoms with Crippen molar-refractivity contribution in [1.29, 1.82) is 0 Å². The molecule has 6 aromatic rings. The largest absolute Gasteiger partial charge is 0.444 e. The number of carbonyl (C=O) groups excluding carboxylic acids is 2. The summed E-state index contributed by atoms with van der Waals surface area (Å²) >= 11 is 6.65. The minimum absolute atomic E-state index is 0.0955. The van der Waals surface area contributed by atoms with Gasteiger partial charge in [-0.3, -0.25) is 14.9 Å². The topological polar surface area (TPSA) is 120 Å². The molecule has 0 radical (unpaired) electrons. The molecule has 0 spiro atoms. The molecule has 54 heavy (non-hydrogen) atoms. The zero-order valence-electron chi connectivity index (χ0n) is 30.2. The average molecular weight is 742 g/mol. The van der Waals surface area contributed by atoms with Crippen molar-refractivity contribution in [1.82, 2.24) is 14.7 Å². The number of ether oxygens (including phenoxy) is 1. The molecule has 1 N–H and O–H groups in total. The van der Waals surface area contributed by atoms with Crippen LogP contribution in [-0.4, -0.2) is 50.3 Å². The van der Waals surface area contributed by atoms with Crippen molar-refractivity contribution in [2.75, 3.05) is 18.4 Å². The summed E-state index contributed by atoms with van der Waals surface area (Å²) in [5.41, 5.74) is 2.84. The summed E-state index contributed by atoms with van der Waals surface area (Å²) in [5, 5.41) is 21.1. The summed E-state index contributed by atoms with van der Waals surface area (Å²) < 4.78 is 7.57. The van der Waals surface area contributed by atoms with Crippen LogP contribution in [0.1, 0.15) is 50.3 Å². The van der Waals surface area contributed by atoms with Gasteiger partial charge in [0.1, 0.15) is 11.1 Å². The van der Waals surface area contributed by atoms with E-state index in [2.05, 4.69) is 41.7 Å². The summed E-state index contributed by atoms with van der Waals surface area (Å²) in [7, 11) is 0. The van der Waals surface area contributed by atoms with E-state index in [9.17, 15) is 19.7 Å². The van der Waals surface area contributed by atoms with Gasteiger partial charge in [0.15, 0.2) is 5.82 Å². The first-order chi connectivity index (χ1) is 26.0. The molecule has 274 valence electrons. The molecular formula is C43H40ClN5O5. The molecule has 7 rings (SSSR count). The Balaban J connectivity index is 1.43. The highest BCUT2D eigenvalue weighted by molar-refractivity contribution is 6.33. The highest BCUT2D eigenvalue weighted by Crippen LogP contribution is 2.44. The van der Waals surface area contributed by atoms with Crippen molar-refractivity contribution < 1.29 is 19.2 Å². The molecule has 0 bridgehead atoms. The van der Waals surface area contributed by atoms with Crippen LogP contribution in [-0.2, 0) is 15.1 Å². The van der Waals surface area contributed by atoms with E-state index >= 15 is 0 Å². The molecule has 10 nitrogen and oxygen atoms in total. The van der Waals surface area contributed by atoms with E-state index in [-0.39, 0.29) is 18.1 Å². The van der Waals surface area contributed by atoms with Gasteiger partial charge in [0.2, 0.25) is 5.91 Å². The van der Waals surface area contributed by atoms with Crippen LogP contribution in [0.25, 0.3) is 22.0 Å². The number of anilines is 1. The lowest BCUT2D eigenvalue weighted by molar-refractivity contribution is -0.384. The summed E-state index contributed by atoms with van der Waals surface area (Å²) in [6, 6.07) is 40.2. The standard InChI is InChI=1S/C43H40ClN5O5/c1-42(2,3)54-41(51)47-25-13-14-30(28-47)40(50)45-39-36-26-29(35-27-34(49(52)53)22-23-37(35)44)21-24-38(36)48(46-39)43(31-15-7-4-8-16-31,32-17-9-5-10-18-32)33-19-11-6-12-20-33/h4-12,15-24,26-27,30H,13-14,25,28H2,1-3H3,(H,45,46,50)/t30-/m1/s1. The molecule has 1 aliphatic heterocycles. The lowest BCUT2D eigenvalue weighted by atomic mass is 9.77. The van der Waals surface area contributed by atoms with Gasteiger partial charge in [-0.15, -0.1) is 0 Å². The maximum Gasteiger partial charge on any atom is 0.410 e. The number of nitrogens with zero attached hydrogens (tertiary/aromatic N) is 4. The fraction of sp³-hybridized carbons (Fsp3) is 0.233. The van der Waals surface area contributed by atoms with Gasteiger partial charge in [-0.25, -0.2) is 9.48 Å². The monoisotopic (exact) mass is 741 g/mol. The van der Waals surface area contributed by atoms with Gasteiger partial charge in [-0.2, -0.15) is 5.10 Å². The summed E-state index contributed by atoms with van der Waals surface area (Å²) in [5.74, 6) is -0.485. The van der Waals surface area contributed by atoms with Crippen LogP contribution in [0.2, 0.25) is 5.02 Å². The van der Waals surface area contributed by atoms with Crippen LogP contribution in [0.4, 0.5) is 16.3 Å². The molecule has 1 aromatic heterocycles. The van der Waals surface area contributed by atoms with Crippen molar-refractivity contribution >= 4 is 46.0 Å². The first-order valence-electron chi connectivity index (χ1n) is 17.9. The second-order valence-corrected chi connectivity index (χ2v) is 14.9. The number of benzene rings is 5. The number of hydrogen-bond acceptors (Lipinski definition) is 6. The van der Waals surface area contributed by atoms with E-state index < -0.39 is 28.1 Å². The van der Waals surface area contributed by atoms with E-state index in [1.54, 1.807) is 4.90 Å². The predicted octanol–water partition coefficient (Wildman–Crippen LogP) is 9.69. The highest BCUT2D eigenvalue weighted by atomic mass is 35.5. The molecule has 0 saturated carbocycles. The van der Waals surface area contributed by atoms with Crippen LogP contribution in [0, 0.1) is 16.0 Å². The van der Waals surface area contributed by atoms with Crippen LogP contribution in [0.3, 0.4) is 0 Å². The summed E-state index contributed by atoms with van der Waals surface area (Å²) in [6.07, 6.45) is 0.771. The van der Waals surface area contributed by atoms with Crippen LogP contribution < -0.4 is 5.32 Å². The first kappa shape index (κ1) is 36.4. The fourth-order valence-electron chi connectivity index (χ4n) is 7.29. The third kappa shape index (κ3) is 7.04. The summed E-state index contributed by atoms with van der Waals surface area (Å²) in [6.45, 7) is 6.15. The minimum atomic E-state index is -1.01. The fourth-order valence-corrected chi connectivity index (χ4v) is 7.52. The number of aromatic nitrogens is 2. The molecule has 5 aromatic carbocycles. The number of fused-ring (bicyclic) bond motifs is 1. The van der Waals surface area contributed by atoms with Crippen molar-refractivity contribution in [3.63, 3.8) is 0 Å². The maximum absolute atomic E-state index is 14.2. The molecule has 11 heteroatoms. The Bertz CT molecular complexity index is 2230. The van der Waals surface area contributed by atoms with E-state index in [1.165, 1.54) is 18.2 Å². The predicted molar refractivity (Wildman–Crippen MR) is 211 cm³/mol. The normalized spacial score (nSPS) is 14.8. The second kappa shape index (κ2) is 14.8. The number of nitrogens with one attached hydrogen (secondary N) is 1. The van der Waals surface area contributed by atoms with Gasteiger partial charge in [0.05, 0.1) is 16.4 Å². The van der Waals surface area contributed by atoms with Gasteiger partial charge in [0, 0.05) is 41.2 Å². The van der Waals surface area contributed by atoms with Crippen LogP contribution in [0.15, 0.2) is 127 Å². The zero-order chi connectivity index (χ0) is 38.0. The number of piperidine rings is 1. The number of amides is 2. The van der Waals surface area contributed by atoms with Gasteiger partial charge in [-0.1, -0.05) is 109 Å². The Hall–Kier alpha value is -6.00. The maximum atomic E-state index is 14.2. The van der Waals surface area contributed by atoms with Gasteiger partial charge < -0.3 is 15.0 Å².